The number of hydrogen-bond donors (Lipinski definition) is 1. The number of likely N-dealkylation sites (tertiary alicyclic amines) is 1. The number of rotatable bonds is 4. The van der Waals surface area contributed by atoms with Gasteiger partial charge in [0.05, 0.1) is 24.3 Å². The molecule has 100 valence electrons. The average molecular weight is 259 g/mol. The highest BCUT2D eigenvalue weighted by atomic mass is 16.5. The zero-order valence-corrected chi connectivity index (χ0v) is 10.9. The Morgan fingerprint density at radius 2 is 2.26 bits per heavy atom. The fourth-order valence-electron chi connectivity index (χ4n) is 2.53. The molecular formula is C14H17N3O2. The molecule has 0 saturated carbocycles. The maximum Gasteiger partial charge on any atom is 0.224 e. The third kappa shape index (κ3) is 2.60. The van der Waals surface area contributed by atoms with Crippen LogP contribution in [0.4, 0.5) is 0 Å². The van der Waals surface area contributed by atoms with E-state index in [1.807, 2.05) is 18.2 Å². The highest BCUT2D eigenvalue weighted by Gasteiger charge is 2.39. The lowest BCUT2D eigenvalue weighted by atomic mass is 9.96. The summed E-state index contributed by atoms with van der Waals surface area (Å²) in [6.45, 7) is 0.955. The molecule has 5 nitrogen and oxygen atoms in total. The molecule has 2 rings (SSSR count). The number of ether oxygens (including phenoxy) is 1. The Hall–Kier alpha value is -1.90. The second kappa shape index (κ2) is 5.83. The van der Waals surface area contributed by atoms with Crippen molar-refractivity contribution >= 4 is 5.91 Å². The molecule has 19 heavy (non-hydrogen) atoms. The van der Waals surface area contributed by atoms with Crippen LogP contribution in [0, 0.1) is 11.3 Å². The summed E-state index contributed by atoms with van der Waals surface area (Å²) in [5.41, 5.74) is 7.46. The van der Waals surface area contributed by atoms with Crippen LogP contribution in [-0.2, 0) is 9.53 Å². The minimum Gasteiger partial charge on any atom is -0.383 e. The molecule has 1 aliphatic rings. The van der Waals surface area contributed by atoms with Crippen molar-refractivity contribution in [3.8, 4) is 6.07 Å². The third-order valence-corrected chi connectivity index (χ3v) is 3.41. The van der Waals surface area contributed by atoms with E-state index in [0.717, 1.165) is 5.56 Å². The normalized spacial score (nSPS) is 22.6. The summed E-state index contributed by atoms with van der Waals surface area (Å²) in [5, 5.41) is 9.17. The van der Waals surface area contributed by atoms with Gasteiger partial charge in [-0.25, -0.2) is 0 Å². The average Bonchev–Trinajstić information content (AvgIpc) is 2.70. The van der Waals surface area contributed by atoms with E-state index in [9.17, 15) is 10.1 Å². The van der Waals surface area contributed by atoms with E-state index in [4.69, 9.17) is 10.5 Å². The molecule has 0 aliphatic carbocycles. The van der Waals surface area contributed by atoms with Gasteiger partial charge in [-0.15, -0.1) is 0 Å². The second-order valence-corrected chi connectivity index (χ2v) is 4.59. The van der Waals surface area contributed by atoms with Gasteiger partial charge in [0.2, 0.25) is 5.91 Å². The highest BCUT2D eigenvalue weighted by Crippen LogP contribution is 2.33. The summed E-state index contributed by atoms with van der Waals surface area (Å²) in [4.78, 5) is 13.7. The lowest BCUT2D eigenvalue weighted by molar-refractivity contribution is -0.129. The minimum atomic E-state index is -0.279. The standard InChI is InChI=1S/C14H17N3O2/c1-19-7-6-17-13(18)8-12(16)14(17)11-5-3-2-4-10(11)9-15/h2-5,12,14H,6-8,16H2,1H3. The Labute approximate surface area is 112 Å². The Morgan fingerprint density at radius 1 is 1.53 bits per heavy atom. The second-order valence-electron chi connectivity index (χ2n) is 4.59. The molecule has 1 heterocycles. The van der Waals surface area contributed by atoms with Gasteiger partial charge in [-0.2, -0.15) is 5.26 Å². The van der Waals surface area contributed by atoms with Gasteiger partial charge in [0.15, 0.2) is 0 Å². The van der Waals surface area contributed by atoms with Crippen LogP contribution in [0.25, 0.3) is 0 Å². The van der Waals surface area contributed by atoms with E-state index in [2.05, 4.69) is 6.07 Å². The van der Waals surface area contributed by atoms with Crippen molar-refractivity contribution in [1.29, 1.82) is 5.26 Å². The van der Waals surface area contributed by atoms with Crippen molar-refractivity contribution in [3.05, 3.63) is 35.4 Å². The van der Waals surface area contributed by atoms with Crippen LogP contribution in [-0.4, -0.2) is 37.1 Å². The van der Waals surface area contributed by atoms with Crippen LogP contribution in [0.3, 0.4) is 0 Å². The van der Waals surface area contributed by atoms with E-state index in [-0.39, 0.29) is 18.0 Å². The van der Waals surface area contributed by atoms with Gasteiger partial charge in [0.1, 0.15) is 0 Å². The number of amides is 1. The number of hydrogen-bond acceptors (Lipinski definition) is 4. The summed E-state index contributed by atoms with van der Waals surface area (Å²) in [6, 6.07) is 8.93. The van der Waals surface area contributed by atoms with Crippen molar-refractivity contribution in [3.63, 3.8) is 0 Å². The zero-order valence-electron chi connectivity index (χ0n) is 10.9. The van der Waals surface area contributed by atoms with E-state index >= 15 is 0 Å². The summed E-state index contributed by atoms with van der Waals surface area (Å²) in [6.07, 6.45) is 0.314. The van der Waals surface area contributed by atoms with Crippen LogP contribution >= 0.6 is 0 Å². The van der Waals surface area contributed by atoms with Crippen LogP contribution in [0.1, 0.15) is 23.6 Å². The van der Waals surface area contributed by atoms with E-state index < -0.39 is 0 Å². The Morgan fingerprint density at radius 3 is 2.95 bits per heavy atom. The molecule has 0 radical (unpaired) electrons. The zero-order chi connectivity index (χ0) is 13.8. The summed E-state index contributed by atoms with van der Waals surface area (Å²) >= 11 is 0. The van der Waals surface area contributed by atoms with Crippen molar-refractivity contribution in [2.45, 2.75) is 18.5 Å². The van der Waals surface area contributed by atoms with E-state index in [1.54, 1.807) is 18.1 Å². The van der Waals surface area contributed by atoms with Gasteiger partial charge in [0, 0.05) is 26.1 Å². The summed E-state index contributed by atoms with van der Waals surface area (Å²) < 4.78 is 5.03. The van der Waals surface area contributed by atoms with Crippen LogP contribution in [0.5, 0.6) is 0 Å². The molecule has 1 aromatic carbocycles. The number of nitriles is 1. The molecule has 2 atom stereocenters. The smallest absolute Gasteiger partial charge is 0.224 e. The summed E-state index contributed by atoms with van der Waals surface area (Å²) in [5.74, 6) is 0.0160. The molecule has 0 spiro atoms. The Balaban J connectivity index is 2.34. The molecule has 1 aliphatic heterocycles. The lowest BCUT2D eigenvalue weighted by Gasteiger charge is -2.27. The number of benzene rings is 1. The van der Waals surface area contributed by atoms with Crippen LogP contribution < -0.4 is 5.73 Å². The fraction of sp³-hybridized carbons (Fsp3) is 0.429. The largest absolute Gasteiger partial charge is 0.383 e. The van der Waals surface area contributed by atoms with Gasteiger partial charge < -0.3 is 15.4 Å². The first-order valence-electron chi connectivity index (χ1n) is 6.22. The predicted molar refractivity (Wildman–Crippen MR) is 70.1 cm³/mol. The van der Waals surface area contributed by atoms with Crippen molar-refractivity contribution in [2.24, 2.45) is 5.73 Å². The molecule has 0 bridgehead atoms. The van der Waals surface area contributed by atoms with Crippen molar-refractivity contribution in [1.82, 2.24) is 4.90 Å². The molecule has 1 aromatic rings. The van der Waals surface area contributed by atoms with Crippen molar-refractivity contribution in [2.75, 3.05) is 20.3 Å². The topological polar surface area (TPSA) is 79.3 Å². The molecule has 2 N–H and O–H groups in total. The van der Waals surface area contributed by atoms with E-state index in [1.165, 1.54) is 0 Å². The first-order valence-corrected chi connectivity index (χ1v) is 6.22. The maximum atomic E-state index is 12.0. The van der Waals surface area contributed by atoms with Gasteiger partial charge in [-0.05, 0) is 11.6 Å². The van der Waals surface area contributed by atoms with Gasteiger partial charge in [-0.1, -0.05) is 18.2 Å². The lowest BCUT2D eigenvalue weighted by Crippen LogP contribution is -2.35. The molecular weight excluding hydrogens is 242 g/mol. The molecule has 0 aromatic heterocycles. The third-order valence-electron chi connectivity index (χ3n) is 3.41. The first-order chi connectivity index (χ1) is 9.19. The van der Waals surface area contributed by atoms with Gasteiger partial charge in [-0.3, -0.25) is 4.79 Å². The number of nitrogens with zero attached hydrogens (tertiary/aromatic N) is 2. The molecule has 1 fully saturated rings. The molecule has 5 heteroatoms. The molecule has 1 amide bonds. The Bertz CT molecular complexity index is 510. The monoisotopic (exact) mass is 259 g/mol. The van der Waals surface area contributed by atoms with Crippen molar-refractivity contribution < 1.29 is 9.53 Å². The molecule has 2 unspecified atom stereocenters. The molecule has 1 saturated heterocycles. The van der Waals surface area contributed by atoms with Gasteiger partial charge >= 0.3 is 0 Å². The fourth-order valence-corrected chi connectivity index (χ4v) is 2.53. The minimum absolute atomic E-state index is 0.0160. The number of carbonyl (C=O) groups is 1. The van der Waals surface area contributed by atoms with Crippen LogP contribution in [0.15, 0.2) is 24.3 Å². The van der Waals surface area contributed by atoms with Crippen LogP contribution in [0.2, 0.25) is 0 Å². The maximum absolute atomic E-state index is 12.0. The highest BCUT2D eigenvalue weighted by molar-refractivity contribution is 5.80. The SMILES string of the molecule is COCCN1C(=O)CC(N)C1c1ccccc1C#N. The number of carbonyl (C=O) groups excluding carboxylic acids is 1. The summed E-state index contributed by atoms with van der Waals surface area (Å²) in [7, 11) is 1.60. The predicted octanol–water partition coefficient (Wildman–Crippen LogP) is 0.805. The van der Waals surface area contributed by atoms with E-state index in [0.29, 0.717) is 25.1 Å². The number of nitrogens with two attached hydrogens (primary N) is 1. The first kappa shape index (κ1) is 13.5. The quantitative estimate of drug-likeness (QED) is 0.867. The Kier molecular flexibility index (Phi) is 4.15. The van der Waals surface area contributed by atoms with Gasteiger partial charge in [0.25, 0.3) is 0 Å². The number of methoxy groups -OCH3 is 1.